The van der Waals surface area contributed by atoms with Crippen molar-refractivity contribution in [3.05, 3.63) is 69.8 Å². The second-order valence-electron chi connectivity index (χ2n) is 8.20. The van der Waals surface area contributed by atoms with Crippen LogP contribution in [0.3, 0.4) is 0 Å². The van der Waals surface area contributed by atoms with E-state index in [1.165, 1.54) is 6.07 Å². The molecule has 0 radical (unpaired) electrons. The monoisotopic (exact) mass is 504 g/mol. The molecule has 0 atom stereocenters. The molecular weight excluding hydrogens is 481 g/mol. The number of nitrogens with one attached hydrogen (secondary N) is 1. The summed E-state index contributed by atoms with van der Waals surface area (Å²) in [5.74, 6) is -0.802. The molecule has 6 nitrogen and oxygen atoms in total. The van der Waals surface area contributed by atoms with E-state index in [4.69, 9.17) is 28.2 Å². The molecule has 34 heavy (non-hydrogen) atoms. The number of hydrogen-bond donors (Lipinski definition) is 1. The Morgan fingerprint density at radius 2 is 1.76 bits per heavy atom. The van der Waals surface area contributed by atoms with Gasteiger partial charge >= 0.3 is 0 Å². The van der Waals surface area contributed by atoms with Gasteiger partial charge in [0.05, 0.1) is 21.8 Å². The highest BCUT2D eigenvalue weighted by Gasteiger charge is 2.19. The SMILES string of the molecule is CN(C)CCCCn1c(-c2c(Cl)cccc2Cl)nc2cnc(NCc3ccc(F)c(F)c3)nc21. The average Bonchev–Trinajstić information content (AvgIpc) is 3.14. The van der Waals surface area contributed by atoms with Crippen LogP contribution in [0.5, 0.6) is 0 Å². The highest BCUT2D eigenvalue weighted by atomic mass is 35.5. The van der Waals surface area contributed by atoms with Crippen LogP contribution < -0.4 is 5.32 Å². The van der Waals surface area contributed by atoms with Crippen LogP contribution >= 0.6 is 23.2 Å². The average molecular weight is 505 g/mol. The van der Waals surface area contributed by atoms with Gasteiger partial charge in [-0.2, -0.15) is 4.98 Å². The maximum absolute atomic E-state index is 13.5. The molecule has 4 aromatic rings. The van der Waals surface area contributed by atoms with Gasteiger partial charge in [0.2, 0.25) is 5.95 Å². The topological polar surface area (TPSA) is 58.9 Å². The van der Waals surface area contributed by atoms with Gasteiger partial charge in [-0.1, -0.05) is 35.3 Å². The van der Waals surface area contributed by atoms with Gasteiger partial charge in [-0.25, -0.2) is 18.7 Å². The van der Waals surface area contributed by atoms with Crippen molar-refractivity contribution in [2.75, 3.05) is 26.0 Å². The summed E-state index contributed by atoms with van der Waals surface area (Å²) in [6, 6.07) is 9.10. The summed E-state index contributed by atoms with van der Waals surface area (Å²) in [6.45, 7) is 1.87. The molecule has 0 saturated carbocycles. The lowest BCUT2D eigenvalue weighted by Crippen LogP contribution is -2.14. The van der Waals surface area contributed by atoms with Crippen molar-refractivity contribution < 1.29 is 8.78 Å². The quantitative estimate of drug-likeness (QED) is 0.282. The van der Waals surface area contributed by atoms with Crippen molar-refractivity contribution in [3.8, 4) is 11.4 Å². The van der Waals surface area contributed by atoms with Crippen molar-refractivity contribution in [2.45, 2.75) is 25.9 Å². The molecule has 4 rings (SSSR count). The number of unbranched alkanes of at least 4 members (excludes halogenated alkanes) is 1. The fourth-order valence-electron chi connectivity index (χ4n) is 3.65. The second kappa shape index (κ2) is 10.6. The Balaban J connectivity index is 1.67. The molecule has 0 spiro atoms. The molecule has 0 amide bonds. The number of fused-ring (bicyclic) bond motifs is 1. The minimum atomic E-state index is -0.896. The van der Waals surface area contributed by atoms with Gasteiger partial charge in [-0.05, 0) is 63.3 Å². The summed E-state index contributed by atoms with van der Waals surface area (Å²) in [5.41, 5.74) is 2.46. The highest BCUT2D eigenvalue weighted by Crippen LogP contribution is 2.35. The number of rotatable bonds is 9. The third kappa shape index (κ3) is 5.46. The fourth-order valence-corrected chi connectivity index (χ4v) is 4.21. The molecule has 2 heterocycles. The molecule has 2 aromatic carbocycles. The Kier molecular flexibility index (Phi) is 7.60. The first-order chi connectivity index (χ1) is 16.3. The molecule has 0 saturated heterocycles. The van der Waals surface area contributed by atoms with Gasteiger partial charge in [-0.3, -0.25) is 0 Å². The van der Waals surface area contributed by atoms with Crippen LogP contribution in [0.1, 0.15) is 18.4 Å². The molecule has 0 aliphatic carbocycles. The largest absolute Gasteiger partial charge is 0.350 e. The predicted molar refractivity (Wildman–Crippen MR) is 132 cm³/mol. The Hall–Kier alpha value is -2.81. The summed E-state index contributed by atoms with van der Waals surface area (Å²) in [7, 11) is 4.08. The van der Waals surface area contributed by atoms with E-state index in [1.54, 1.807) is 24.4 Å². The van der Waals surface area contributed by atoms with E-state index in [0.29, 0.717) is 50.7 Å². The first kappa shape index (κ1) is 24.3. The predicted octanol–water partition coefficient (Wildman–Crippen LogP) is 6.03. The lowest BCUT2D eigenvalue weighted by Gasteiger charge is -2.13. The number of aromatic nitrogens is 4. The minimum Gasteiger partial charge on any atom is -0.350 e. The zero-order valence-corrected chi connectivity index (χ0v) is 20.3. The van der Waals surface area contributed by atoms with Crippen LogP contribution in [-0.2, 0) is 13.1 Å². The van der Waals surface area contributed by atoms with E-state index in [0.717, 1.165) is 31.5 Å². The Morgan fingerprint density at radius 1 is 1.00 bits per heavy atom. The zero-order valence-electron chi connectivity index (χ0n) is 18.8. The van der Waals surface area contributed by atoms with Crippen LogP contribution in [0.15, 0.2) is 42.6 Å². The third-order valence-corrected chi connectivity index (χ3v) is 5.98. The van der Waals surface area contributed by atoms with Crippen molar-refractivity contribution in [1.29, 1.82) is 0 Å². The molecule has 0 aliphatic heterocycles. The number of imidazole rings is 1. The molecule has 0 aliphatic rings. The van der Waals surface area contributed by atoms with Crippen LogP contribution in [0.2, 0.25) is 10.0 Å². The molecule has 0 bridgehead atoms. The van der Waals surface area contributed by atoms with Crippen molar-refractivity contribution in [2.24, 2.45) is 0 Å². The lowest BCUT2D eigenvalue weighted by molar-refractivity contribution is 0.388. The van der Waals surface area contributed by atoms with Crippen LogP contribution in [-0.4, -0.2) is 45.1 Å². The summed E-state index contributed by atoms with van der Waals surface area (Å²) < 4.78 is 28.7. The van der Waals surface area contributed by atoms with E-state index >= 15 is 0 Å². The molecule has 0 fully saturated rings. The Labute approximate surface area is 206 Å². The van der Waals surface area contributed by atoms with Gasteiger partial charge in [0.25, 0.3) is 0 Å². The van der Waals surface area contributed by atoms with E-state index in [2.05, 4.69) is 20.2 Å². The van der Waals surface area contributed by atoms with Gasteiger partial charge < -0.3 is 14.8 Å². The maximum Gasteiger partial charge on any atom is 0.225 e. The van der Waals surface area contributed by atoms with Gasteiger partial charge in [0, 0.05) is 13.1 Å². The van der Waals surface area contributed by atoms with E-state index in [-0.39, 0.29) is 6.54 Å². The maximum atomic E-state index is 13.5. The Morgan fingerprint density at radius 3 is 2.47 bits per heavy atom. The number of anilines is 1. The molecule has 0 unspecified atom stereocenters. The minimum absolute atomic E-state index is 0.239. The molecule has 2 aromatic heterocycles. The number of hydrogen-bond acceptors (Lipinski definition) is 5. The number of nitrogens with zero attached hydrogens (tertiary/aromatic N) is 5. The molecule has 1 N–H and O–H groups in total. The molecule has 178 valence electrons. The molecular formula is C24H24Cl2F2N6. The lowest BCUT2D eigenvalue weighted by atomic mass is 10.2. The number of halogens is 4. The molecule has 10 heteroatoms. The normalized spacial score (nSPS) is 11.5. The number of benzene rings is 2. The van der Waals surface area contributed by atoms with Crippen molar-refractivity contribution in [3.63, 3.8) is 0 Å². The Bertz CT molecular complexity index is 1290. The van der Waals surface area contributed by atoms with E-state index in [1.807, 2.05) is 18.7 Å². The van der Waals surface area contributed by atoms with E-state index < -0.39 is 11.6 Å². The van der Waals surface area contributed by atoms with Crippen LogP contribution in [0, 0.1) is 11.6 Å². The van der Waals surface area contributed by atoms with Gasteiger partial charge in [0.1, 0.15) is 11.3 Å². The highest BCUT2D eigenvalue weighted by molar-refractivity contribution is 6.39. The standard InChI is InChI=1S/C24H24Cl2F2N6/c1-33(2)10-3-4-11-34-22-20(31-23(34)21-16(25)6-5-7-17(21)26)14-30-24(32-22)29-13-15-8-9-18(27)19(28)12-15/h5-9,12,14H,3-4,10-11,13H2,1-2H3,(H,29,30,32). The van der Waals surface area contributed by atoms with Gasteiger partial charge in [0.15, 0.2) is 17.3 Å². The summed E-state index contributed by atoms with van der Waals surface area (Å²) in [4.78, 5) is 15.9. The summed E-state index contributed by atoms with van der Waals surface area (Å²) in [6.07, 6.45) is 3.52. The van der Waals surface area contributed by atoms with E-state index in [9.17, 15) is 8.78 Å². The summed E-state index contributed by atoms with van der Waals surface area (Å²) in [5, 5.41) is 4.07. The summed E-state index contributed by atoms with van der Waals surface area (Å²) >= 11 is 13.0. The van der Waals surface area contributed by atoms with Crippen LogP contribution in [0.4, 0.5) is 14.7 Å². The van der Waals surface area contributed by atoms with Gasteiger partial charge in [-0.15, -0.1) is 0 Å². The number of aryl methyl sites for hydroxylation is 1. The zero-order chi connectivity index (χ0) is 24.2. The van der Waals surface area contributed by atoms with Crippen molar-refractivity contribution >= 4 is 40.3 Å². The smallest absolute Gasteiger partial charge is 0.225 e. The first-order valence-electron chi connectivity index (χ1n) is 10.8. The second-order valence-corrected chi connectivity index (χ2v) is 9.01. The fraction of sp³-hybridized carbons (Fsp3) is 0.292. The first-order valence-corrected chi connectivity index (χ1v) is 11.6. The van der Waals surface area contributed by atoms with Crippen LogP contribution in [0.25, 0.3) is 22.6 Å². The van der Waals surface area contributed by atoms with Crippen molar-refractivity contribution in [1.82, 2.24) is 24.4 Å². The third-order valence-electron chi connectivity index (χ3n) is 5.35.